The van der Waals surface area contributed by atoms with E-state index in [4.69, 9.17) is 0 Å². The normalized spacial score (nSPS) is 23.5. The van der Waals surface area contributed by atoms with E-state index in [1.54, 1.807) is 18.2 Å². The van der Waals surface area contributed by atoms with Gasteiger partial charge in [0.15, 0.2) is 5.78 Å². The van der Waals surface area contributed by atoms with Crippen molar-refractivity contribution in [1.82, 2.24) is 4.90 Å². The second kappa shape index (κ2) is 5.55. The van der Waals surface area contributed by atoms with Crippen LogP contribution >= 0.6 is 0 Å². The van der Waals surface area contributed by atoms with Gasteiger partial charge in [0.05, 0.1) is 5.56 Å². The lowest BCUT2D eigenvalue weighted by Crippen LogP contribution is -2.36. The second-order valence-electron chi connectivity index (χ2n) is 5.44. The summed E-state index contributed by atoms with van der Waals surface area (Å²) in [4.78, 5) is 14.3. The largest absolute Gasteiger partial charge is 0.376 e. The molecule has 19 heavy (non-hydrogen) atoms. The highest BCUT2D eigenvalue weighted by Gasteiger charge is 2.27. The third-order valence-electron chi connectivity index (χ3n) is 4.01. The predicted octanol–water partition coefficient (Wildman–Crippen LogP) is 3.64. The van der Waals surface area contributed by atoms with Crippen LogP contribution in [0.4, 0.5) is 4.39 Å². The molecule has 0 aromatic heterocycles. The van der Waals surface area contributed by atoms with Gasteiger partial charge >= 0.3 is 0 Å². The number of halogens is 1. The first-order chi connectivity index (χ1) is 8.99. The summed E-state index contributed by atoms with van der Waals surface area (Å²) in [7, 11) is 2.03. The lowest BCUT2D eigenvalue weighted by molar-refractivity contribution is 0.0931. The summed E-state index contributed by atoms with van der Waals surface area (Å²) in [5, 5.41) is 0. The summed E-state index contributed by atoms with van der Waals surface area (Å²) in [6, 6.07) is 6.59. The Morgan fingerprint density at radius 3 is 2.79 bits per heavy atom. The van der Waals surface area contributed by atoms with Crippen LogP contribution in [0.25, 0.3) is 0 Å². The van der Waals surface area contributed by atoms with Crippen molar-refractivity contribution in [2.45, 2.75) is 32.2 Å². The minimum Gasteiger partial charge on any atom is -0.376 e. The van der Waals surface area contributed by atoms with Gasteiger partial charge in [-0.25, -0.2) is 4.39 Å². The van der Waals surface area contributed by atoms with E-state index in [0.717, 1.165) is 18.5 Å². The van der Waals surface area contributed by atoms with Gasteiger partial charge in [0.25, 0.3) is 0 Å². The average molecular weight is 261 g/mol. The van der Waals surface area contributed by atoms with Crippen LogP contribution in [0.1, 0.15) is 36.5 Å². The SMILES string of the molecule is C=C1CC(CC(=O)c2ccccc2F)CC(C)N1C. The molecule has 0 aliphatic carbocycles. The van der Waals surface area contributed by atoms with Gasteiger partial charge in [-0.1, -0.05) is 18.7 Å². The fourth-order valence-corrected chi connectivity index (χ4v) is 2.73. The van der Waals surface area contributed by atoms with Gasteiger partial charge in [-0.2, -0.15) is 0 Å². The van der Waals surface area contributed by atoms with Crippen LogP contribution in [-0.4, -0.2) is 23.8 Å². The van der Waals surface area contributed by atoms with Crippen LogP contribution in [0, 0.1) is 11.7 Å². The van der Waals surface area contributed by atoms with E-state index in [1.807, 2.05) is 7.05 Å². The highest BCUT2D eigenvalue weighted by atomic mass is 19.1. The number of piperidine rings is 1. The Bertz CT molecular complexity index is 497. The number of carbonyl (C=O) groups excluding carboxylic acids is 1. The molecule has 2 rings (SSSR count). The molecule has 0 spiro atoms. The molecule has 3 heteroatoms. The van der Waals surface area contributed by atoms with E-state index < -0.39 is 5.82 Å². The monoisotopic (exact) mass is 261 g/mol. The minimum absolute atomic E-state index is 0.104. The Morgan fingerprint density at radius 1 is 1.47 bits per heavy atom. The molecule has 1 aliphatic heterocycles. The molecule has 1 saturated heterocycles. The highest BCUT2D eigenvalue weighted by Crippen LogP contribution is 2.31. The molecule has 102 valence electrons. The maximum atomic E-state index is 13.6. The van der Waals surface area contributed by atoms with Gasteiger partial charge in [0, 0.05) is 25.2 Å². The summed E-state index contributed by atoms with van der Waals surface area (Å²) in [6.45, 7) is 6.16. The highest BCUT2D eigenvalue weighted by molar-refractivity contribution is 5.96. The Labute approximate surface area is 113 Å². The van der Waals surface area contributed by atoms with Crippen LogP contribution in [0.3, 0.4) is 0 Å². The number of hydrogen-bond donors (Lipinski definition) is 0. The smallest absolute Gasteiger partial charge is 0.166 e. The number of Topliss-reactive ketones (excluding diaryl/α,β-unsaturated/α-hetero) is 1. The Hall–Kier alpha value is -1.64. The lowest BCUT2D eigenvalue weighted by atomic mass is 9.85. The van der Waals surface area contributed by atoms with Crippen molar-refractivity contribution in [3.8, 4) is 0 Å². The molecule has 0 saturated carbocycles. The molecule has 0 radical (unpaired) electrons. The fraction of sp³-hybridized carbons (Fsp3) is 0.438. The van der Waals surface area contributed by atoms with E-state index in [1.165, 1.54) is 6.07 Å². The summed E-state index contributed by atoms with van der Waals surface area (Å²) in [5.74, 6) is -0.259. The van der Waals surface area contributed by atoms with E-state index >= 15 is 0 Å². The Balaban J connectivity index is 2.04. The minimum atomic E-state index is -0.424. The number of hydrogen-bond acceptors (Lipinski definition) is 2. The molecule has 1 fully saturated rings. The molecule has 2 atom stereocenters. The van der Waals surface area contributed by atoms with Crippen molar-refractivity contribution in [3.63, 3.8) is 0 Å². The summed E-state index contributed by atoms with van der Waals surface area (Å²) >= 11 is 0. The predicted molar refractivity (Wildman–Crippen MR) is 74.4 cm³/mol. The summed E-state index contributed by atoms with van der Waals surface area (Å²) in [6.07, 6.45) is 2.18. The average Bonchev–Trinajstić information content (AvgIpc) is 2.36. The zero-order chi connectivity index (χ0) is 14.0. The standard InChI is InChI=1S/C16H20FNO/c1-11-8-13(9-12(2)18(11)3)10-16(19)14-6-4-5-7-15(14)17/h4-7,12-13H,1,8-10H2,2-3H3. The zero-order valence-corrected chi connectivity index (χ0v) is 11.5. The Kier molecular flexibility index (Phi) is 4.03. The van der Waals surface area contributed by atoms with Crippen LogP contribution in [0.5, 0.6) is 0 Å². The maximum absolute atomic E-state index is 13.6. The molecular formula is C16H20FNO. The number of rotatable bonds is 3. The third kappa shape index (κ3) is 3.03. The Morgan fingerprint density at radius 2 is 2.16 bits per heavy atom. The molecule has 0 N–H and O–H groups in total. The van der Waals surface area contributed by atoms with E-state index in [0.29, 0.717) is 12.5 Å². The van der Waals surface area contributed by atoms with E-state index in [-0.39, 0.29) is 17.3 Å². The van der Waals surface area contributed by atoms with Gasteiger partial charge in [-0.05, 0) is 37.8 Å². The maximum Gasteiger partial charge on any atom is 0.166 e. The summed E-state index contributed by atoms with van der Waals surface area (Å²) in [5.41, 5.74) is 1.27. The van der Waals surface area contributed by atoms with Crippen molar-refractivity contribution < 1.29 is 9.18 Å². The van der Waals surface area contributed by atoms with Crippen LogP contribution in [-0.2, 0) is 0 Å². The molecule has 1 heterocycles. The van der Waals surface area contributed by atoms with E-state index in [9.17, 15) is 9.18 Å². The van der Waals surface area contributed by atoms with E-state index in [2.05, 4.69) is 18.4 Å². The van der Waals surface area contributed by atoms with Crippen molar-refractivity contribution in [3.05, 3.63) is 47.9 Å². The molecular weight excluding hydrogens is 241 g/mol. The number of allylic oxidation sites excluding steroid dienone is 1. The molecule has 1 aromatic rings. The first-order valence-electron chi connectivity index (χ1n) is 6.67. The molecule has 1 aliphatic rings. The summed E-state index contributed by atoms with van der Waals surface area (Å²) < 4.78 is 13.6. The fourth-order valence-electron chi connectivity index (χ4n) is 2.73. The van der Waals surface area contributed by atoms with Gasteiger partial charge in [-0.3, -0.25) is 4.79 Å². The van der Waals surface area contributed by atoms with Gasteiger partial charge in [-0.15, -0.1) is 0 Å². The molecule has 0 bridgehead atoms. The zero-order valence-electron chi connectivity index (χ0n) is 11.5. The van der Waals surface area contributed by atoms with Crippen molar-refractivity contribution >= 4 is 5.78 Å². The first-order valence-corrected chi connectivity index (χ1v) is 6.67. The number of benzene rings is 1. The van der Waals surface area contributed by atoms with Gasteiger partial charge in [0.1, 0.15) is 5.82 Å². The number of likely N-dealkylation sites (tertiary alicyclic amines) is 1. The van der Waals surface area contributed by atoms with Crippen LogP contribution in [0.2, 0.25) is 0 Å². The second-order valence-corrected chi connectivity index (χ2v) is 5.44. The van der Waals surface area contributed by atoms with Crippen LogP contribution in [0.15, 0.2) is 36.5 Å². The van der Waals surface area contributed by atoms with Crippen LogP contribution < -0.4 is 0 Å². The number of carbonyl (C=O) groups is 1. The lowest BCUT2D eigenvalue weighted by Gasteiger charge is -2.38. The van der Waals surface area contributed by atoms with Gasteiger partial charge in [0.2, 0.25) is 0 Å². The molecule has 0 amide bonds. The van der Waals surface area contributed by atoms with Gasteiger partial charge < -0.3 is 4.90 Å². The number of ketones is 1. The quantitative estimate of drug-likeness (QED) is 0.774. The van der Waals surface area contributed by atoms with Crippen molar-refractivity contribution in [1.29, 1.82) is 0 Å². The van der Waals surface area contributed by atoms with Crippen molar-refractivity contribution in [2.24, 2.45) is 5.92 Å². The third-order valence-corrected chi connectivity index (χ3v) is 4.01. The molecule has 2 unspecified atom stereocenters. The molecule has 1 aromatic carbocycles. The molecule has 2 nitrogen and oxygen atoms in total. The number of nitrogens with zero attached hydrogens (tertiary/aromatic N) is 1. The van der Waals surface area contributed by atoms with Crippen molar-refractivity contribution in [2.75, 3.05) is 7.05 Å². The topological polar surface area (TPSA) is 20.3 Å². The first kappa shape index (κ1) is 13.8.